The van der Waals surface area contributed by atoms with Crippen LogP contribution in [0.4, 0.5) is 0 Å². The van der Waals surface area contributed by atoms with Gasteiger partial charge >= 0.3 is 0 Å². The van der Waals surface area contributed by atoms with Crippen LogP contribution in [0, 0.1) is 5.92 Å². The highest BCUT2D eigenvalue weighted by molar-refractivity contribution is 5.78. The van der Waals surface area contributed by atoms with Crippen LogP contribution in [-0.2, 0) is 11.3 Å². The lowest BCUT2D eigenvalue weighted by Crippen LogP contribution is -2.39. The number of piperidine rings is 1. The van der Waals surface area contributed by atoms with Crippen molar-refractivity contribution < 1.29 is 14.6 Å². The zero-order valence-electron chi connectivity index (χ0n) is 12.1. The Bertz CT molecular complexity index is 468. The molecular formula is C15H22N2O3. The number of hydrogen-bond donors (Lipinski definition) is 2. The number of nitrogens with one attached hydrogen (secondary N) is 1. The van der Waals surface area contributed by atoms with E-state index in [9.17, 15) is 9.90 Å². The summed E-state index contributed by atoms with van der Waals surface area (Å²) in [6, 6.07) is 5.37. The van der Waals surface area contributed by atoms with Gasteiger partial charge in [0.05, 0.1) is 7.11 Å². The summed E-state index contributed by atoms with van der Waals surface area (Å²) in [5.41, 5.74) is 0.893. The van der Waals surface area contributed by atoms with Crippen LogP contribution >= 0.6 is 0 Å². The van der Waals surface area contributed by atoms with E-state index in [4.69, 9.17) is 4.74 Å². The molecule has 0 spiro atoms. The summed E-state index contributed by atoms with van der Waals surface area (Å²) >= 11 is 0. The van der Waals surface area contributed by atoms with Crippen molar-refractivity contribution in [2.24, 2.45) is 5.92 Å². The second-order valence-corrected chi connectivity index (χ2v) is 5.16. The lowest BCUT2D eigenvalue weighted by atomic mass is 9.95. The van der Waals surface area contributed by atoms with Crippen molar-refractivity contribution >= 4 is 5.91 Å². The van der Waals surface area contributed by atoms with Crippen LogP contribution in [0.2, 0.25) is 0 Å². The van der Waals surface area contributed by atoms with Crippen molar-refractivity contribution in [1.82, 2.24) is 10.2 Å². The Balaban J connectivity index is 1.91. The highest BCUT2D eigenvalue weighted by atomic mass is 16.5. The van der Waals surface area contributed by atoms with Crippen LogP contribution in [-0.4, -0.2) is 43.2 Å². The molecule has 5 heteroatoms. The van der Waals surface area contributed by atoms with E-state index in [1.54, 1.807) is 20.2 Å². The van der Waals surface area contributed by atoms with Crippen LogP contribution < -0.4 is 10.1 Å². The van der Waals surface area contributed by atoms with Gasteiger partial charge in [-0.25, -0.2) is 0 Å². The number of likely N-dealkylation sites (tertiary alicyclic amines) is 1. The van der Waals surface area contributed by atoms with Gasteiger partial charge in [0.2, 0.25) is 5.91 Å². The van der Waals surface area contributed by atoms with E-state index in [-0.39, 0.29) is 17.6 Å². The van der Waals surface area contributed by atoms with Gasteiger partial charge in [0.15, 0.2) is 0 Å². The number of phenolic OH excluding ortho intramolecular Hbond substituents is 1. The highest BCUT2D eigenvalue weighted by Gasteiger charge is 2.24. The van der Waals surface area contributed by atoms with Gasteiger partial charge < -0.3 is 15.2 Å². The minimum atomic E-state index is 0.126. The first kappa shape index (κ1) is 14.7. The first-order chi connectivity index (χ1) is 9.63. The molecule has 1 saturated heterocycles. The van der Waals surface area contributed by atoms with Crippen LogP contribution in [0.5, 0.6) is 11.5 Å². The SMILES string of the molecule is CNC(=O)C1CCN(Cc2ccc(OC)cc2O)CC1. The van der Waals surface area contributed by atoms with Crippen LogP contribution in [0.1, 0.15) is 18.4 Å². The largest absolute Gasteiger partial charge is 0.507 e. The molecule has 0 bridgehead atoms. The molecule has 20 heavy (non-hydrogen) atoms. The van der Waals surface area contributed by atoms with E-state index in [2.05, 4.69) is 10.2 Å². The molecule has 0 atom stereocenters. The predicted octanol–water partition coefficient (Wildman–Crippen LogP) is 1.36. The van der Waals surface area contributed by atoms with Crippen molar-refractivity contribution in [2.45, 2.75) is 19.4 Å². The van der Waals surface area contributed by atoms with Gasteiger partial charge in [0.1, 0.15) is 11.5 Å². The standard InChI is InChI=1S/C15H22N2O3/c1-16-15(19)11-5-7-17(8-6-11)10-12-3-4-13(20-2)9-14(12)18/h3-4,9,11,18H,5-8,10H2,1-2H3,(H,16,19). The molecule has 0 aliphatic carbocycles. The molecule has 0 saturated carbocycles. The number of methoxy groups -OCH3 is 1. The maximum atomic E-state index is 11.6. The van der Waals surface area contributed by atoms with Gasteiger partial charge in [0, 0.05) is 31.1 Å². The zero-order valence-corrected chi connectivity index (χ0v) is 12.1. The monoisotopic (exact) mass is 278 g/mol. The summed E-state index contributed by atoms with van der Waals surface area (Å²) < 4.78 is 5.07. The Morgan fingerprint density at radius 3 is 2.70 bits per heavy atom. The lowest BCUT2D eigenvalue weighted by molar-refractivity contribution is -0.125. The Morgan fingerprint density at radius 2 is 2.15 bits per heavy atom. The number of amides is 1. The summed E-state index contributed by atoms with van der Waals surface area (Å²) in [4.78, 5) is 13.8. The second kappa shape index (κ2) is 6.61. The average Bonchev–Trinajstić information content (AvgIpc) is 2.49. The molecule has 0 unspecified atom stereocenters. The molecule has 0 aromatic heterocycles. The summed E-state index contributed by atoms with van der Waals surface area (Å²) in [7, 11) is 3.27. The molecule has 1 heterocycles. The van der Waals surface area contributed by atoms with Gasteiger partial charge in [-0.1, -0.05) is 6.07 Å². The van der Waals surface area contributed by atoms with Gasteiger partial charge in [-0.3, -0.25) is 9.69 Å². The molecule has 2 N–H and O–H groups in total. The van der Waals surface area contributed by atoms with Crippen LogP contribution in [0.3, 0.4) is 0 Å². The third-order valence-electron chi connectivity index (χ3n) is 3.89. The van der Waals surface area contributed by atoms with Crippen molar-refractivity contribution in [3.05, 3.63) is 23.8 Å². The summed E-state index contributed by atoms with van der Waals surface area (Å²) in [5.74, 6) is 1.18. The number of hydrogen-bond acceptors (Lipinski definition) is 4. The normalized spacial score (nSPS) is 16.9. The summed E-state index contributed by atoms with van der Waals surface area (Å²) in [5, 5.41) is 12.7. The fraction of sp³-hybridized carbons (Fsp3) is 0.533. The number of aromatic hydroxyl groups is 1. The van der Waals surface area contributed by atoms with Crippen molar-refractivity contribution in [1.29, 1.82) is 0 Å². The quantitative estimate of drug-likeness (QED) is 0.873. The molecule has 0 radical (unpaired) electrons. The van der Waals surface area contributed by atoms with E-state index >= 15 is 0 Å². The number of phenols is 1. The molecule has 1 amide bonds. The number of ether oxygens (including phenoxy) is 1. The predicted molar refractivity (Wildman–Crippen MR) is 76.7 cm³/mol. The maximum Gasteiger partial charge on any atom is 0.222 e. The minimum absolute atomic E-state index is 0.126. The number of benzene rings is 1. The van der Waals surface area contributed by atoms with Gasteiger partial charge in [0.25, 0.3) is 0 Å². The van der Waals surface area contributed by atoms with Crippen LogP contribution in [0.25, 0.3) is 0 Å². The smallest absolute Gasteiger partial charge is 0.222 e. The second-order valence-electron chi connectivity index (χ2n) is 5.16. The molecule has 2 rings (SSSR count). The Labute approximate surface area is 119 Å². The third kappa shape index (κ3) is 3.42. The number of nitrogens with zero attached hydrogens (tertiary/aromatic N) is 1. The van der Waals surface area contributed by atoms with Gasteiger partial charge in [-0.05, 0) is 32.0 Å². The first-order valence-corrected chi connectivity index (χ1v) is 6.94. The third-order valence-corrected chi connectivity index (χ3v) is 3.89. The molecule has 1 fully saturated rings. The van der Waals surface area contributed by atoms with E-state index in [1.165, 1.54) is 0 Å². The van der Waals surface area contributed by atoms with Crippen molar-refractivity contribution in [3.63, 3.8) is 0 Å². The Morgan fingerprint density at radius 1 is 1.45 bits per heavy atom. The number of rotatable bonds is 4. The fourth-order valence-corrected chi connectivity index (χ4v) is 2.60. The number of carbonyl (C=O) groups excluding carboxylic acids is 1. The molecular weight excluding hydrogens is 256 g/mol. The summed E-state index contributed by atoms with van der Waals surface area (Å²) in [6.07, 6.45) is 1.74. The minimum Gasteiger partial charge on any atom is -0.507 e. The molecule has 1 aromatic carbocycles. The van der Waals surface area contributed by atoms with E-state index in [0.29, 0.717) is 12.3 Å². The van der Waals surface area contributed by atoms with Gasteiger partial charge in [-0.15, -0.1) is 0 Å². The van der Waals surface area contributed by atoms with Crippen molar-refractivity contribution in [3.8, 4) is 11.5 Å². The zero-order chi connectivity index (χ0) is 14.5. The molecule has 5 nitrogen and oxygen atoms in total. The van der Waals surface area contributed by atoms with E-state index in [0.717, 1.165) is 31.5 Å². The molecule has 1 aromatic rings. The van der Waals surface area contributed by atoms with Crippen molar-refractivity contribution in [2.75, 3.05) is 27.2 Å². The lowest BCUT2D eigenvalue weighted by Gasteiger charge is -2.31. The molecule has 1 aliphatic heterocycles. The first-order valence-electron chi connectivity index (χ1n) is 6.94. The molecule has 1 aliphatic rings. The van der Waals surface area contributed by atoms with Crippen LogP contribution in [0.15, 0.2) is 18.2 Å². The van der Waals surface area contributed by atoms with Gasteiger partial charge in [-0.2, -0.15) is 0 Å². The van der Waals surface area contributed by atoms with E-state index in [1.807, 2.05) is 12.1 Å². The molecule has 110 valence electrons. The Hall–Kier alpha value is -1.75. The fourth-order valence-electron chi connectivity index (χ4n) is 2.60. The number of carbonyl (C=O) groups is 1. The average molecular weight is 278 g/mol. The summed E-state index contributed by atoms with van der Waals surface area (Å²) in [6.45, 7) is 2.46. The Kier molecular flexibility index (Phi) is 4.84. The van der Waals surface area contributed by atoms with E-state index < -0.39 is 0 Å². The maximum absolute atomic E-state index is 11.6. The highest BCUT2D eigenvalue weighted by Crippen LogP contribution is 2.26. The topological polar surface area (TPSA) is 61.8 Å².